The number of hydrogen-bond acceptors (Lipinski definition) is 4. The topological polar surface area (TPSA) is 79.7 Å². The fourth-order valence-electron chi connectivity index (χ4n) is 4.34. The van der Waals surface area contributed by atoms with E-state index in [0.29, 0.717) is 32.1 Å². The van der Waals surface area contributed by atoms with Crippen molar-refractivity contribution in [3.63, 3.8) is 0 Å². The van der Waals surface area contributed by atoms with Crippen LogP contribution in [-0.4, -0.2) is 54.3 Å². The van der Waals surface area contributed by atoms with E-state index in [4.69, 9.17) is 0 Å². The molecule has 1 aromatic carbocycles. The molecule has 33 heavy (non-hydrogen) atoms. The fraction of sp³-hybridized carbons (Fsp3) is 0.520. The van der Waals surface area contributed by atoms with Gasteiger partial charge >= 0.3 is 0 Å². The molecule has 1 amide bonds. The van der Waals surface area contributed by atoms with Gasteiger partial charge in [0.05, 0.1) is 4.90 Å². The van der Waals surface area contributed by atoms with Crippen LogP contribution in [0.5, 0.6) is 0 Å². The molecule has 0 atom stereocenters. The second-order valence-electron chi connectivity index (χ2n) is 8.77. The molecule has 0 N–H and O–H groups in total. The Bertz CT molecular complexity index is 1100. The van der Waals surface area contributed by atoms with Gasteiger partial charge in [-0.15, -0.1) is 0 Å². The molecule has 0 radical (unpaired) electrons. The van der Waals surface area contributed by atoms with E-state index in [0.717, 1.165) is 25.7 Å². The first kappa shape index (κ1) is 25.2. The SMILES string of the molecule is CCN(CC)S(=O)(=O)c1ccc(=O)n(CC(=O)N2CCC(CCc3ccc(C)cc3)CC2)c1. The van der Waals surface area contributed by atoms with Gasteiger partial charge in [0.1, 0.15) is 6.54 Å². The molecule has 180 valence electrons. The van der Waals surface area contributed by atoms with E-state index in [1.54, 1.807) is 18.7 Å². The lowest BCUT2D eigenvalue weighted by Gasteiger charge is -2.32. The van der Waals surface area contributed by atoms with Crippen molar-refractivity contribution in [2.45, 2.75) is 57.9 Å². The van der Waals surface area contributed by atoms with Gasteiger partial charge in [-0.2, -0.15) is 4.31 Å². The summed E-state index contributed by atoms with van der Waals surface area (Å²) in [4.78, 5) is 27.0. The van der Waals surface area contributed by atoms with Crippen LogP contribution in [0.4, 0.5) is 0 Å². The third-order valence-corrected chi connectivity index (χ3v) is 8.57. The molecule has 1 fully saturated rings. The molecule has 1 aliphatic rings. The van der Waals surface area contributed by atoms with E-state index in [1.807, 2.05) is 0 Å². The number of amides is 1. The Balaban J connectivity index is 1.57. The van der Waals surface area contributed by atoms with Crippen molar-refractivity contribution in [1.29, 1.82) is 0 Å². The zero-order valence-corrected chi connectivity index (χ0v) is 20.7. The van der Waals surface area contributed by atoms with Crippen molar-refractivity contribution in [3.8, 4) is 0 Å². The van der Waals surface area contributed by atoms with Gasteiger partial charge in [0, 0.05) is 38.4 Å². The lowest BCUT2D eigenvalue weighted by molar-refractivity contribution is -0.133. The first-order valence-electron chi connectivity index (χ1n) is 11.8. The molecule has 7 nitrogen and oxygen atoms in total. The first-order valence-corrected chi connectivity index (χ1v) is 13.2. The van der Waals surface area contributed by atoms with Crippen molar-refractivity contribution in [2.24, 2.45) is 5.92 Å². The summed E-state index contributed by atoms with van der Waals surface area (Å²) in [6, 6.07) is 11.2. The predicted molar refractivity (Wildman–Crippen MR) is 130 cm³/mol. The maximum Gasteiger partial charge on any atom is 0.251 e. The molecular formula is C25H35N3O4S. The number of aromatic nitrogens is 1. The third kappa shape index (κ3) is 6.32. The summed E-state index contributed by atoms with van der Waals surface area (Å²) in [6.45, 7) is 7.51. The van der Waals surface area contributed by atoms with Gasteiger partial charge in [0.2, 0.25) is 15.9 Å². The molecular weight excluding hydrogens is 438 g/mol. The zero-order valence-electron chi connectivity index (χ0n) is 19.9. The molecule has 0 spiro atoms. The molecule has 2 heterocycles. The minimum Gasteiger partial charge on any atom is -0.341 e. The average molecular weight is 474 g/mol. The second kappa shape index (κ2) is 11.1. The van der Waals surface area contributed by atoms with Gasteiger partial charge < -0.3 is 9.47 Å². The van der Waals surface area contributed by atoms with Crippen LogP contribution in [0, 0.1) is 12.8 Å². The number of benzene rings is 1. The molecule has 2 aromatic rings. The minimum absolute atomic E-state index is 0.0356. The summed E-state index contributed by atoms with van der Waals surface area (Å²) >= 11 is 0. The smallest absolute Gasteiger partial charge is 0.251 e. The van der Waals surface area contributed by atoms with Crippen LogP contribution in [-0.2, 0) is 27.8 Å². The largest absolute Gasteiger partial charge is 0.341 e. The summed E-state index contributed by atoms with van der Waals surface area (Å²) in [5, 5.41) is 0. The molecule has 1 aromatic heterocycles. The Labute approximate surface area is 197 Å². The van der Waals surface area contributed by atoms with E-state index in [1.165, 1.54) is 38.3 Å². The molecule has 0 saturated carbocycles. The van der Waals surface area contributed by atoms with Gasteiger partial charge in [-0.05, 0) is 50.2 Å². The van der Waals surface area contributed by atoms with E-state index in [-0.39, 0.29) is 22.9 Å². The maximum atomic E-state index is 12.9. The predicted octanol–water partition coefficient (Wildman–Crippen LogP) is 3.06. The Morgan fingerprint density at radius 3 is 2.27 bits per heavy atom. The number of carbonyl (C=O) groups excluding carboxylic acids is 1. The Hall–Kier alpha value is -2.45. The Kier molecular flexibility index (Phi) is 8.48. The maximum absolute atomic E-state index is 12.9. The zero-order chi connectivity index (χ0) is 24.0. The van der Waals surface area contributed by atoms with Crippen LogP contribution in [0.25, 0.3) is 0 Å². The van der Waals surface area contributed by atoms with Gasteiger partial charge in [-0.25, -0.2) is 8.42 Å². The first-order chi connectivity index (χ1) is 15.7. The van der Waals surface area contributed by atoms with E-state index in [2.05, 4.69) is 31.2 Å². The van der Waals surface area contributed by atoms with E-state index >= 15 is 0 Å². The van der Waals surface area contributed by atoms with Crippen LogP contribution in [0.15, 0.2) is 52.3 Å². The number of aryl methyl sites for hydroxylation is 2. The highest BCUT2D eigenvalue weighted by molar-refractivity contribution is 7.89. The van der Waals surface area contributed by atoms with Crippen molar-refractivity contribution >= 4 is 15.9 Å². The van der Waals surface area contributed by atoms with Crippen molar-refractivity contribution < 1.29 is 13.2 Å². The summed E-state index contributed by atoms with van der Waals surface area (Å²) in [6.07, 6.45) is 5.34. The molecule has 1 aliphatic heterocycles. The van der Waals surface area contributed by atoms with E-state index in [9.17, 15) is 18.0 Å². The Morgan fingerprint density at radius 2 is 1.67 bits per heavy atom. The van der Waals surface area contributed by atoms with Crippen molar-refractivity contribution in [2.75, 3.05) is 26.2 Å². The van der Waals surface area contributed by atoms with Crippen LogP contribution in [0.3, 0.4) is 0 Å². The monoisotopic (exact) mass is 473 g/mol. The number of likely N-dealkylation sites (tertiary alicyclic amines) is 1. The van der Waals surface area contributed by atoms with Crippen molar-refractivity contribution in [1.82, 2.24) is 13.8 Å². The number of sulfonamides is 1. The average Bonchev–Trinajstić information content (AvgIpc) is 2.81. The minimum atomic E-state index is -3.69. The molecule has 0 bridgehead atoms. The number of pyridine rings is 1. The standard InChI is InChI=1S/C25H35N3O4S/c1-4-28(5-2)33(31,32)23-12-13-24(29)27(18-23)19-25(30)26-16-14-22(15-17-26)11-10-21-8-6-20(3)7-9-21/h6-9,12-13,18,22H,4-5,10-11,14-17,19H2,1-3H3. The third-order valence-electron chi connectivity index (χ3n) is 6.53. The Morgan fingerprint density at radius 1 is 1.03 bits per heavy atom. The number of hydrogen-bond donors (Lipinski definition) is 0. The number of nitrogens with zero attached hydrogens (tertiary/aromatic N) is 3. The highest BCUT2D eigenvalue weighted by Gasteiger charge is 2.25. The normalized spacial score (nSPS) is 15.2. The number of rotatable bonds is 9. The summed E-state index contributed by atoms with van der Waals surface area (Å²) in [7, 11) is -3.69. The second-order valence-corrected chi connectivity index (χ2v) is 10.7. The van der Waals surface area contributed by atoms with Gasteiger partial charge in [0.25, 0.3) is 5.56 Å². The molecule has 0 aliphatic carbocycles. The van der Waals surface area contributed by atoms with Crippen LogP contribution >= 0.6 is 0 Å². The summed E-state index contributed by atoms with van der Waals surface area (Å²) in [5.41, 5.74) is 2.23. The summed E-state index contributed by atoms with van der Waals surface area (Å²) in [5.74, 6) is 0.437. The van der Waals surface area contributed by atoms with Crippen molar-refractivity contribution in [3.05, 3.63) is 64.1 Å². The number of carbonyl (C=O) groups is 1. The van der Waals surface area contributed by atoms with E-state index < -0.39 is 10.0 Å². The van der Waals surface area contributed by atoms with Gasteiger partial charge in [-0.1, -0.05) is 43.7 Å². The lowest BCUT2D eigenvalue weighted by atomic mass is 9.90. The molecule has 8 heteroatoms. The van der Waals surface area contributed by atoms with Crippen LogP contribution in [0.1, 0.15) is 44.2 Å². The highest BCUT2D eigenvalue weighted by Crippen LogP contribution is 2.23. The van der Waals surface area contributed by atoms with Gasteiger partial charge in [0.15, 0.2) is 0 Å². The quantitative estimate of drug-likeness (QED) is 0.561. The molecule has 1 saturated heterocycles. The highest BCUT2D eigenvalue weighted by atomic mass is 32.2. The van der Waals surface area contributed by atoms with Crippen LogP contribution in [0.2, 0.25) is 0 Å². The van der Waals surface area contributed by atoms with Gasteiger partial charge in [-0.3, -0.25) is 9.59 Å². The molecule has 3 rings (SSSR count). The number of piperidine rings is 1. The fourth-order valence-corrected chi connectivity index (χ4v) is 5.82. The van der Waals surface area contributed by atoms with Crippen LogP contribution < -0.4 is 5.56 Å². The summed E-state index contributed by atoms with van der Waals surface area (Å²) < 4.78 is 28.1. The lowest BCUT2D eigenvalue weighted by Crippen LogP contribution is -2.41. The molecule has 0 unspecified atom stereocenters.